The molecule has 0 unspecified atom stereocenters. The van der Waals surface area contributed by atoms with Crippen molar-refractivity contribution in [1.29, 1.82) is 5.41 Å². The molecule has 0 saturated carbocycles. The van der Waals surface area contributed by atoms with Gasteiger partial charge in [0.05, 0.1) is 6.21 Å². The molecule has 1 aliphatic heterocycles. The van der Waals surface area contributed by atoms with Gasteiger partial charge in [0.15, 0.2) is 5.84 Å². The van der Waals surface area contributed by atoms with Gasteiger partial charge >= 0.3 is 0 Å². The molecule has 30 valence electrons. The quantitative estimate of drug-likeness (QED) is 0.429. The second kappa shape index (κ2) is 1.01. The second-order valence-corrected chi connectivity index (χ2v) is 0.908. The van der Waals surface area contributed by atoms with Gasteiger partial charge in [-0.05, 0) is 0 Å². The van der Waals surface area contributed by atoms with Crippen molar-refractivity contribution in [2.45, 2.75) is 0 Å². The average molecular weight is 81.1 g/mol. The summed E-state index contributed by atoms with van der Waals surface area (Å²) in [6.45, 7) is 0. The van der Waals surface area contributed by atoms with Crippen molar-refractivity contribution in [3.05, 3.63) is 0 Å². The van der Waals surface area contributed by atoms with Crippen LogP contribution in [0.5, 0.6) is 0 Å². The predicted octanol–water partition coefficient (Wildman–Crippen LogP) is 0.0764. The lowest BCUT2D eigenvalue weighted by molar-refractivity contribution is 1.50. The Morgan fingerprint density at radius 1 is 1.67 bits per heavy atom. The van der Waals surface area contributed by atoms with Crippen LogP contribution in [0.4, 0.5) is 0 Å². The lowest BCUT2D eigenvalue weighted by Gasteiger charge is -1.65. The number of hydrogen-bond donors (Lipinski definition) is 1. The van der Waals surface area contributed by atoms with E-state index in [1.54, 1.807) is 0 Å². The molecule has 1 heterocycles. The van der Waals surface area contributed by atoms with Gasteiger partial charge in [-0.3, -0.25) is 5.41 Å². The predicted molar refractivity (Wildman–Crippen MR) is 24.7 cm³/mol. The van der Waals surface area contributed by atoms with Gasteiger partial charge in [0.1, 0.15) is 6.34 Å². The topological polar surface area (TPSA) is 48.6 Å². The van der Waals surface area contributed by atoms with Crippen molar-refractivity contribution in [1.82, 2.24) is 0 Å². The zero-order chi connectivity index (χ0) is 4.41. The molecule has 3 nitrogen and oxygen atoms in total. The summed E-state index contributed by atoms with van der Waals surface area (Å²) >= 11 is 0. The summed E-state index contributed by atoms with van der Waals surface area (Å²) in [6, 6.07) is 0. The molecule has 6 heavy (non-hydrogen) atoms. The zero-order valence-electron chi connectivity index (χ0n) is 3.05. The van der Waals surface area contributed by atoms with Crippen LogP contribution < -0.4 is 0 Å². The third-order valence-corrected chi connectivity index (χ3v) is 0.460. The number of nitrogens with one attached hydrogen (secondary N) is 1. The second-order valence-electron chi connectivity index (χ2n) is 0.908. The summed E-state index contributed by atoms with van der Waals surface area (Å²) < 4.78 is 0. The Kier molecular flexibility index (Phi) is 0.538. The van der Waals surface area contributed by atoms with Crippen LogP contribution in [0.25, 0.3) is 0 Å². The maximum atomic E-state index is 6.70. The van der Waals surface area contributed by atoms with Crippen LogP contribution >= 0.6 is 0 Å². The Hall–Kier alpha value is -0.990. The first-order valence-corrected chi connectivity index (χ1v) is 1.54. The van der Waals surface area contributed by atoms with E-state index in [-0.39, 0.29) is 5.84 Å². The maximum Gasteiger partial charge on any atom is 0.164 e. The number of hydrogen-bond acceptors (Lipinski definition) is 2. The van der Waals surface area contributed by atoms with Gasteiger partial charge in [-0.1, -0.05) is 0 Å². The molecule has 1 rings (SSSR count). The molecule has 0 bridgehead atoms. The molecule has 0 aliphatic carbocycles. The summed E-state index contributed by atoms with van der Waals surface area (Å²) in [7, 11) is 0. The summed E-state index contributed by atoms with van der Waals surface area (Å²) in [5.74, 6) is 0.231. The van der Waals surface area contributed by atoms with Gasteiger partial charge in [-0.25, -0.2) is 9.98 Å². The monoisotopic (exact) mass is 81.0 g/mol. The van der Waals surface area contributed by atoms with E-state index in [1.165, 1.54) is 12.6 Å². The molecular weight excluding hydrogens is 78.1 g/mol. The smallest absolute Gasteiger partial charge is 0.164 e. The molecular formula is C3H3N3. The van der Waals surface area contributed by atoms with E-state index in [4.69, 9.17) is 5.41 Å². The van der Waals surface area contributed by atoms with Gasteiger partial charge in [-0.15, -0.1) is 0 Å². The minimum atomic E-state index is 0.231. The number of rotatable bonds is 0. The molecule has 0 aromatic rings. The summed E-state index contributed by atoms with van der Waals surface area (Å²) in [5, 5.41) is 6.70. The third kappa shape index (κ3) is 0.337. The number of nitrogens with zero attached hydrogens (tertiary/aromatic N) is 2. The third-order valence-electron chi connectivity index (χ3n) is 0.460. The lowest BCUT2D eigenvalue weighted by atomic mass is 10.7. The molecule has 0 radical (unpaired) electrons. The summed E-state index contributed by atoms with van der Waals surface area (Å²) in [5.41, 5.74) is 0. The van der Waals surface area contributed by atoms with Gasteiger partial charge in [-0.2, -0.15) is 0 Å². The fourth-order valence-electron chi connectivity index (χ4n) is 0.233. The summed E-state index contributed by atoms with van der Waals surface area (Å²) in [6.07, 6.45) is 2.74. The Morgan fingerprint density at radius 2 is 2.50 bits per heavy atom. The molecule has 0 aromatic heterocycles. The first-order valence-electron chi connectivity index (χ1n) is 1.54. The van der Waals surface area contributed by atoms with Crippen LogP contribution in [0.15, 0.2) is 9.98 Å². The van der Waals surface area contributed by atoms with Crippen LogP contribution in [0.2, 0.25) is 0 Å². The normalized spacial score (nSPS) is 17.0. The Balaban J connectivity index is 2.86. The zero-order valence-corrected chi connectivity index (χ0v) is 3.05. The van der Waals surface area contributed by atoms with E-state index in [0.29, 0.717) is 0 Å². The summed E-state index contributed by atoms with van der Waals surface area (Å²) in [4.78, 5) is 7.00. The average Bonchev–Trinajstić information content (AvgIpc) is 1.86. The van der Waals surface area contributed by atoms with Crippen LogP contribution in [0, 0.1) is 5.41 Å². The highest BCUT2D eigenvalue weighted by atomic mass is 15.0. The van der Waals surface area contributed by atoms with Crippen molar-refractivity contribution in [2.24, 2.45) is 9.98 Å². The molecule has 3 heteroatoms. The molecule has 0 spiro atoms. The molecule has 1 N–H and O–H groups in total. The fourth-order valence-corrected chi connectivity index (χ4v) is 0.233. The van der Waals surface area contributed by atoms with Crippen molar-refractivity contribution in [3.8, 4) is 0 Å². The van der Waals surface area contributed by atoms with Crippen molar-refractivity contribution >= 4 is 18.4 Å². The van der Waals surface area contributed by atoms with Gasteiger partial charge in [0.25, 0.3) is 0 Å². The molecule has 0 atom stereocenters. The minimum absolute atomic E-state index is 0.231. The molecule has 0 saturated heterocycles. The molecule has 0 aromatic carbocycles. The van der Waals surface area contributed by atoms with Gasteiger partial charge < -0.3 is 0 Å². The highest BCUT2D eigenvalue weighted by molar-refractivity contribution is 6.33. The van der Waals surface area contributed by atoms with Crippen molar-refractivity contribution < 1.29 is 0 Å². The van der Waals surface area contributed by atoms with Crippen LogP contribution in [-0.4, -0.2) is 18.4 Å². The molecule has 1 aliphatic rings. The highest BCUT2D eigenvalue weighted by Crippen LogP contribution is 1.76. The molecule has 0 fully saturated rings. The van der Waals surface area contributed by atoms with E-state index in [1.807, 2.05) is 0 Å². The Morgan fingerprint density at radius 3 is 2.67 bits per heavy atom. The Bertz CT molecular complexity index is 108. The van der Waals surface area contributed by atoms with Crippen LogP contribution in [-0.2, 0) is 0 Å². The van der Waals surface area contributed by atoms with E-state index in [0.717, 1.165) is 0 Å². The first-order chi connectivity index (χ1) is 2.89. The van der Waals surface area contributed by atoms with Gasteiger partial charge in [0, 0.05) is 0 Å². The molecule has 0 amide bonds. The van der Waals surface area contributed by atoms with E-state index < -0.39 is 0 Å². The van der Waals surface area contributed by atoms with E-state index in [9.17, 15) is 0 Å². The lowest BCUT2D eigenvalue weighted by Crippen LogP contribution is -1.82. The largest absolute Gasteiger partial charge is 0.282 e. The van der Waals surface area contributed by atoms with E-state index >= 15 is 0 Å². The van der Waals surface area contributed by atoms with Crippen LogP contribution in [0.3, 0.4) is 0 Å². The minimum Gasteiger partial charge on any atom is -0.282 e. The number of aliphatic imine (C=N–C) groups is 2. The maximum absolute atomic E-state index is 6.70. The fraction of sp³-hybridized carbons (Fsp3) is 0. The van der Waals surface area contributed by atoms with Crippen molar-refractivity contribution in [2.75, 3.05) is 0 Å². The number of amidine groups is 1. The SMILES string of the molecule is N=C1C=NC=N1. The van der Waals surface area contributed by atoms with Crippen LogP contribution in [0.1, 0.15) is 0 Å². The highest BCUT2D eigenvalue weighted by Gasteiger charge is 1.86. The van der Waals surface area contributed by atoms with Crippen molar-refractivity contribution in [3.63, 3.8) is 0 Å². The standard InChI is InChI=1S/C3H3N3/c4-3-1-5-2-6-3/h1-2,4H. The Labute approximate surface area is 34.9 Å². The first kappa shape index (κ1) is 3.21. The van der Waals surface area contributed by atoms with Gasteiger partial charge in [0.2, 0.25) is 0 Å². The van der Waals surface area contributed by atoms with E-state index in [2.05, 4.69) is 9.98 Å².